The molecule has 0 radical (unpaired) electrons. The number of allylic oxidation sites excluding steroid dienone is 1. The van der Waals surface area contributed by atoms with Crippen LogP contribution in [-0.4, -0.2) is 30.6 Å². The van der Waals surface area contributed by atoms with E-state index in [1.54, 1.807) is 11.8 Å². The lowest BCUT2D eigenvalue weighted by Crippen LogP contribution is -2.25. The van der Waals surface area contributed by atoms with Crippen LogP contribution in [0, 0.1) is 5.82 Å². The molecule has 170 valence electrons. The summed E-state index contributed by atoms with van der Waals surface area (Å²) in [6.45, 7) is 0. The molecule has 4 aromatic rings. The second-order valence-corrected chi connectivity index (χ2v) is 9.63. The SMILES string of the molecule is Fc1cncc(-c2nc(N[C@@H]3CCC4=C(C3)c3ccccc3C4)n3nc4c(c3n2)CCCC4)c1. The normalized spacial score (nSPS) is 19.1. The molecular weight excluding hydrogens is 427 g/mol. The highest BCUT2D eigenvalue weighted by atomic mass is 19.1. The first-order chi connectivity index (χ1) is 16.7. The summed E-state index contributed by atoms with van der Waals surface area (Å²) < 4.78 is 15.8. The number of benzene rings is 1. The standard InChI is InChI=1S/C27H25FN6/c28-19-12-18(14-29-15-19)25-31-26-22-7-3-4-8-24(22)33-34(26)27(32-25)30-20-10-9-17-11-16-5-1-2-6-21(16)23(17)13-20/h1-2,5-6,12,14-15,20H,3-4,7-11,13H2,(H,30,31,32)/t20-/m1/s1. The van der Waals surface area contributed by atoms with E-state index in [0.29, 0.717) is 17.3 Å². The van der Waals surface area contributed by atoms with Gasteiger partial charge in [-0.25, -0.2) is 9.37 Å². The molecule has 3 aromatic heterocycles. The number of halogens is 1. The van der Waals surface area contributed by atoms with E-state index in [2.05, 4.69) is 34.6 Å². The molecule has 1 N–H and O–H groups in total. The van der Waals surface area contributed by atoms with Crippen LogP contribution < -0.4 is 5.32 Å². The first kappa shape index (κ1) is 19.8. The maximum absolute atomic E-state index is 13.9. The van der Waals surface area contributed by atoms with E-state index in [4.69, 9.17) is 15.1 Å². The molecule has 7 rings (SSSR count). The van der Waals surface area contributed by atoms with Gasteiger partial charge < -0.3 is 5.32 Å². The van der Waals surface area contributed by atoms with Crippen LogP contribution >= 0.6 is 0 Å². The fourth-order valence-corrected chi connectivity index (χ4v) is 5.82. The average Bonchev–Trinajstić information content (AvgIpc) is 3.42. The van der Waals surface area contributed by atoms with Crippen molar-refractivity contribution in [3.63, 3.8) is 0 Å². The molecule has 0 saturated carbocycles. The van der Waals surface area contributed by atoms with Crippen molar-refractivity contribution in [1.29, 1.82) is 0 Å². The molecule has 0 fully saturated rings. The molecule has 0 aliphatic heterocycles. The lowest BCUT2D eigenvalue weighted by molar-refractivity contribution is 0.621. The van der Waals surface area contributed by atoms with Gasteiger partial charge in [0, 0.05) is 23.4 Å². The van der Waals surface area contributed by atoms with Crippen LogP contribution in [0.1, 0.15) is 54.5 Å². The lowest BCUT2D eigenvalue weighted by Gasteiger charge is -2.26. The van der Waals surface area contributed by atoms with Gasteiger partial charge in [-0.15, -0.1) is 0 Å². The number of nitrogens with one attached hydrogen (secondary N) is 1. The first-order valence-corrected chi connectivity index (χ1v) is 12.2. The van der Waals surface area contributed by atoms with Gasteiger partial charge in [0.25, 0.3) is 0 Å². The van der Waals surface area contributed by atoms with Crippen molar-refractivity contribution in [2.24, 2.45) is 0 Å². The summed E-state index contributed by atoms with van der Waals surface area (Å²) in [6.07, 6.45) is 11.2. The smallest absolute Gasteiger partial charge is 0.228 e. The maximum Gasteiger partial charge on any atom is 0.228 e. The van der Waals surface area contributed by atoms with E-state index in [9.17, 15) is 4.39 Å². The highest BCUT2D eigenvalue weighted by molar-refractivity contribution is 5.78. The van der Waals surface area contributed by atoms with E-state index in [1.165, 1.54) is 34.5 Å². The molecule has 0 spiro atoms. The molecule has 0 saturated heterocycles. The summed E-state index contributed by atoms with van der Waals surface area (Å²) >= 11 is 0. The van der Waals surface area contributed by atoms with Gasteiger partial charge in [0.05, 0.1) is 11.9 Å². The van der Waals surface area contributed by atoms with Gasteiger partial charge >= 0.3 is 0 Å². The van der Waals surface area contributed by atoms with Gasteiger partial charge in [-0.05, 0) is 74.1 Å². The van der Waals surface area contributed by atoms with Gasteiger partial charge in [-0.3, -0.25) is 4.98 Å². The molecule has 6 nitrogen and oxygen atoms in total. The topological polar surface area (TPSA) is 68.0 Å². The van der Waals surface area contributed by atoms with Crippen molar-refractivity contribution in [2.75, 3.05) is 5.32 Å². The second kappa shape index (κ2) is 7.72. The van der Waals surface area contributed by atoms with Gasteiger partial charge in [0.1, 0.15) is 5.82 Å². The van der Waals surface area contributed by atoms with Crippen LogP contribution in [0.15, 0.2) is 48.3 Å². The Labute approximate surface area is 197 Å². The van der Waals surface area contributed by atoms with E-state index in [1.807, 2.05) is 4.52 Å². The van der Waals surface area contributed by atoms with E-state index in [0.717, 1.165) is 62.7 Å². The number of hydrogen-bond donors (Lipinski definition) is 1. The third-order valence-electron chi connectivity index (χ3n) is 7.47. The Hall–Kier alpha value is -3.61. The largest absolute Gasteiger partial charge is 0.351 e. The van der Waals surface area contributed by atoms with Crippen LogP contribution in [0.3, 0.4) is 0 Å². The predicted octanol–water partition coefficient (Wildman–Crippen LogP) is 5.18. The van der Waals surface area contributed by atoms with Gasteiger partial charge in [-0.1, -0.05) is 29.8 Å². The van der Waals surface area contributed by atoms with Crippen molar-refractivity contribution in [3.8, 4) is 11.4 Å². The highest BCUT2D eigenvalue weighted by Crippen LogP contribution is 2.42. The van der Waals surface area contributed by atoms with Crippen LogP contribution in [0.4, 0.5) is 10.3 Å². The number of fused-ring (bicyclic) bond motifs is 5. The van der Waals surface area contributed by atoms with E-state index < -0.39 is 5.82 Å². The Morgan fingerprint density at radius 3 is 2.88 bits per heavy atom. The van der Waals surface area contributed by atoms with E-state index in [-0.39, 0.29) is 6.04 Å². The quantitative estimate of drug-likeness (QED) is 0.464. The summed E-state index contributed by atoms with van der Waals surface area (Å²) in [6, 6.07) is 10.5. The number of hydrogen-bond acceptors (Lipinski definition) is 5. The number of anilines is 1. The van der Waals surface area contributed by atoms with Crippen molar-refractivity contribution >= 4 is 17.2 Å². The third-order valence-corrected chi connectivity index (χ3v) is 7.47. The van der Waals surface area contributed by atoms with Crippen LogP contribution in [0.2, 0.25) is 0 Å². The van der Waals surface area contributed by atoms with Crippen LogP contribution in [-0.2, 0) is 19.3 Å². The number of nitrogens with zero attached hydrogens (tertiary/aromatic N) is 5. The second-order valence-electron chi connectivity index (χ2n) is 9.63. The Morgan fingerprint density at radius 1 is 1.03 bits per heavy atom. The summed E-state index contributed by atoms with van der Waals surface area (Å²) in [5, 5.41) is 8.60. The Bertz CT molecular complexity index is 1470. The van der Waals surface area contributed by atoms with Crippen molar-refractivity contribution < 1.29 is 4.39 Å². The third kappa shape index (κ3) is 3.22. The molecule has 0 amide bonds. The molecule has 7 heteroatoms. The average molecular weight is 453 g/mol. The number of rotatable bonds is 3. The Kier molecular flexibility index (Phi) is 4.50. The Morgan fingerprint density at radius 2 is 1.94 bits per heavy atom. The molecule has 3 aliphatic rings. The molecule has 34 heavy (non-hydrogen) atoms. The monoisotopic (exact) mass is 452 g/mol. The van der Waals surface area contributed by atoms with Crippen LogP contribution in [0.25, 0.3) is 22.6 Å². The van der Waals surface area contributed by atoms with Crippen molar-refractivity contribution in [2.45, 2.75) is 57.4 Å². The number of pyridine rings is 1. The molecule has 1 aromatic carbocycles. The minimum absolute atomic E-state index is 0.253. The molecule has 3 aliphatic carbocycles. The minimum atomic E-state index is -0.391. The molecule has 3 heterocycles. The number of aryl methyl sites for hydroxylation is 2. The van der Waals surface area contributed by atoms with Crippen molar-refractivity contribution in [1.82, 2.24) is 24.6 Å². The molecule has 0 unspecified atom stereocenters. The van der Waals surface area contributed by atoms with Crippen LogP contribution in [0.5, 0.6) is 0 Å². The summed E-state index contributed by atoms with van der Waals surface area (Å²) in [5.41, 5.74) is 9.61. The fourth-order valence-electron chi connectivity index (χ4n) is 5.82. The van der Waals surface area contributed by atoms with Gasteiger partial charge in [0.15, 0.2) is 11.5 Å². The molecule has 0 bridgehead atoms. The highest BCUT2D eigenvalue weighted by Gasteiger charge is 2.29. The summed E-state index contributed by atoms with van der Waals surface area (Å²) in [5.74, 6) is 0.772. The summed E-state index contributed by atoms with van der Waals surface area (Å²) in [4.78, 5) is 13.7. The van der Waals surface area contributed by atoms with Gasteiger partial charge in [-0.2, -0.15) is 14.6 Å². The zero-order valence-electron chi connectivity index (χ0n) is 18.9. The molecular formula is C27H25FN6. The van der Waals surface area contributed by atoms with E-state index >= 15 is 0 Å². The number of aromatic nitrogens is 5. The zero-order chi connectivity index (χ0) is 22.6. The lowest BCUT2D eigenvalue weighted by atomic mass is 9.88. The summed E-state index contributed by atoms with van der Waals surface area (Å²) in [7, 11) is 0. The zero-order valence-corrected chi connectivity index (χ0v) is 18.9. The van der Waals surface area contributed by atoms with Gasteiger partial charge in [0.2, 0.25) is 5.95 Å². The maximum atomic E-state index is 13.9. The Balaban J connectivity index is 1.29. The molecule has 1 atom stereocenters. The first-order valence-electron chi connectivity index (χ1n) is 12.2. The fraction of sp³-hybridized carbons (Fsp3) is 0.333. The van der Waals surface area contributed by atoms with Crippen molar-refractivity contribution in [3.05, 3.63) is 76.5 Å². The minimum Gasteiger partial charge on any atom is -0.351 e. The predicted molar refractivity (Wildman–Crippen MR) is 129 cm³/mol.